The second-order valence-corrected chi connectivity index (χ2v) is 5.95. The van der Waals surface area contributed by atoms with Gasteiger partial charge in [0.05, 0.1) is 18.8 Å². The third-order valence-electron chi connectivity index (χ3n) is 4.20. The Morgan fingerprint density at radius 2 is 1.92 bits per heavy atom. The van der Waals surface area contributed by atoms with Gasteiger partial charge in [0, 0.05) is 30.5 Å². The third kappa shape index (κ3) is 3.23. The molecule has 7 nitrogen and oxygen atoms in total. The number of benzene rings is 1. The quantitative estimate of drug-likeness (QED) is 0.923. The monoisotopic (exact) mass is 341 g/mol. The van der Waals surface area contributed by atoms with Gasteiger partial charge in [0.25, 0.3) is 5.91 Å². The summed E-state index contributed by atoms with van der Waals surface area (Å²) in [4.78, 5) is 19.5. The summed E-state index contributed by atoms with van der Waals surface area (Å²) in [5.74, 6) is 1.81. The Labute approximate surface area is 145 Å². The molecule has 0 atom stereocenters. The van der Waals surface area contributed by atoms with E-state index < -0.39 is 0 Å². The first kappa shape index (κ1) is 15.7. The van der Waals surface area contributed by atoms with Gasteiger partial charge in [0.15, 0.2) is 11.5 Å². The molecule has 0 aliphatic carbocycles. The van der Waals surface area contributed by atoms with Crippen molar-refractivity contribution in [1.82, 2.24) is 4.98 Å². The van der Waals surface area contributed by atoms with Crippen LogP contribution in [0.25, 0.3) is 0 Å². The average molecular weight is 341 g/mol. The van der Waals surface area contributed by atoms with E-state index in [1.54, 1.807) is 18.2 Å². The first-order chi connectivity index (χ1) is 12.2. The molecule has 1 saturated heterocycles. The zero-order valence-electron chi connectivity index (χ0n) is 13.9. The van der Waals surface area contributed by atoms with Crippen LogP contribution in [0.5, 0.6) is 11.5 Å². The van der Waals surface area contributed by atoms with Crippen LogP contribution in [0, 0.1) is 6.92 Å². The lowest BCUT2D eigenvalue weighted by Crippen LogP contribution is -2.38. The van der Waals surface area contributed by atoms with Crippen LogP contribution in [0.3, 0.4) is 0 Å². The summed E-state index contributed by atoms with van der Waals surface area (Å²) in [5, 5.41) is 2.91. The van der Waals surface area contributed by atoms with E-state index in [1.165, 1.54) is 0 Å². The van der Waals surface area contributed by atoms with Gasteiger partial charge in [-0.3, -0.25) is 4.79 Å². The minimum atomic E-state index is -0.201. The number of nitrogens with one attached hydrogen (secondary N) is 1. The summed E-state index contributed by atoms with van der Waals surface area (Å²) in [6.45, 7) is 4.85. The van der Waals surface area contributed by atoms with E-state index in [1.807, 2.05) is 19.1 Å². The van der Waals surface area contributed by atoms with Gasteiger partial charge >= 0.3 is 0 Å². The maximum absolute atomic E-state index is 12.8. The molecule has 1 aromatic carbocycles. The molecule has 2 aromatic rings. The largest absolute Gasteiger partial charge is 0.454 e. The smallest absolute Gasteiger partial charge is 0.259 e. The predicted octanol–water partition coefficient (Wildman–Crippen LogP) is 2.21. The number of amides is 1. The maximum Gasteiger partial charge on any atom is 0.259 e. The van der Waals surface area contributed by atoms with Gasteiger partial charge in [-0.15, -0.1) is 0 Å². The first-order valence-corrected chi connectivity index (χ1v) is 8.22. The van der Waals surface area contributed by atoms with Crippen LogP contribution in [-0.4, -0.2) is 44.0 Å². The van der Waals surface area contributed by atoms with Crippen molar-refractivity contribution in [2.45, 2.75) is 6.92 Å². The van der Waals surface area contributed by atoms with E-state index in [2.05, 4.69) is 15.2 Å². The Morgan fingerprint density at radius 3 is 2.76 bits per heavy atom. The SMILES string of the molecule is Cc1ccc(C(=O)Nc2ccc3c(c2)OCO3)c(N2CCOCC2)n1. The molecule has 2 aliphatic heterocycles. The van der Waals surface area contributed by atoms with Crippen LogP contribution in [0.4, 0.5) is 11.5 Å². The van der Waals surface area contributed by atoms with Crippen LogP contribution in [-0.2, 0) is 4.74 Å². The minimum Gasteiger partial charge on any atom is -0.454 e. The molecule has 2 aliphatic rings. The van der Waals surface area contributed by atoms with Crippen LogP contribution in [0.1, 0.15) is 16.1 Å². The number of aromatic nitrogens is 1. The number of pyridine rings is 1. The van der Waals surface area contributed by atoms with Crippen molar-refractivity contribution in [3.05, 3.63) is 41.6 Å². The molecule has 130 valence electrons. The van der Waals surface area contributed by atoms with Crippen molar-refractivity contribution in [2.75, 3.05) is 43.3 Å². The molecule has 7 heteroatoms. The lowest BCUT2D eigenvalue weighted by molar-refractivity contribution is 0.102. The molecule has 0 spiro atoms. The first-order valence-electron chi connectivity index (χ1n) is 8.22. The average Bonchev–Trinajstić information content (AvgIpc) is 3.10. The van der Waals surface area contributed by atoms with Crippen LogP contribution >= 0.6 is 0 Å². The molecule has 1 N–H and O–H groups in total. The molecule has 1 fully saturated rings. The fourth-order valence-electron chi connectivity index (χ4n) is 2.91. The fourth-order valence-corrected chi connectivity index (χ4v) is 2.91. The Kier molecular flexibility index (Phi) is 4.15. The summed E-state index contributed by atoms with van der Waals surface area (Å²) < 4.78 is 16.0. The number of ether oxygens (including phenoxy) is 3. The number of nitrogens with zero attached hydrogens (tertiary/aromatic N) is 2. The Morgan fingerprint density at radius 1 is 1.12 bits per heavy atom. The Hall–Kier alpha value is -2.80. The van der Waals surface area contributed by atoms with Crippen molar-refractivity contribution in [2.24, 2.45) is 0 Å². The number of fused-ring (bicyclic) bond motifs is 1. The molecular formula is C18H19N3O4. The number of rotatable bonds is 3. The fraction of sp³-hybridized carbons (Fsp3) is 0.333. The maximum atomic E-state index is 12.8. The van der Waals surface area contributed by atoms with Crippen LogP contribution in [0.15, 0.2) is 30.3 Å². The normalized spacial score (nSPS) is 16.0. The summed E-state index contributed by atoms with van der Waals surface area (Å²) in [6.07, 6.45) is 0. The highest BCUT2D eigenvalue weighted by atomic mass is 16.7. The topological polar surface area (TPSA) is 72.9 Å². The summed E-state index contributed by atoms with van der Waals surface area (Å²) in [5.41, 5.74) is 2.08. The molecule has 1 aromatic heterocycles. The number of hydrogen-bond acceptors (Lipinski definition) is 6. The minimum absolute atomic E-state index is 0.201. The van der Waals surface area contributed by atoms with Crippen molar-refractivity contribution in [3.63, 3.8) is 0 Å². The van der Waals surface area contributed by atoms with Crippen LogP contribution < -0.4 is 19.7 Å². The number of carbonyl (C=O) groups is 1. The molecule has 0 radical (unpaired) electrons. The third-order valence-corrected chi connectivity index (χ3v) is 4.20. The molecule has 0 saturated carbocycles. The summed E-state index contributed by atoms with van der Waals surface area (Å²) in [6, 6.07) is 9.00. The van der Waals surface area contributed by atoms with Gasteiger partial charge in [0.2, 0.25) is 6.79 Å². The van der Waals surface area contributed by atoms with Gasteiger partial charge in [0.1, 0.15) is 5.82 Å². The van der Waals surface area contributed by atoms with Crippen molar-refractivity contribution < 1.29 is 19.0 Å². The van der Waals surface area contributed by atoms with E-state index in [9.17, 15) is 4.79 Å². The van der Waals surface area contributed by atoms with E-state index in [-0.39, 0.29) is 12.7 Å². The molecule has 1 amide bonds. The molecule has 3 heterocycles. The lowest BCUT2D eigenvalue weighted by atomic mass is 10.2. The highest BCUT2D eigenvalue weighted by Gasteiger charge is 2.21. The number of aryl methyl sites for hydroxylation is 1. The van der Waals surface area contributed by atoms with E-state index in [0.717, 1.165) is 18.8 Å². The van der Waals surface area contributed by atoms with Gasteiger partial charge in [-0.25, -0.2) is 4.98 Å². The Bertz CT molecular complexity index is 803. The van der Waals surface area contributed by atoms with Crippen molar-refractivity contribution >= 4 is 17.4 Å². The second kappa shape index (κ2) is 6.60. The van der Waals surface area contributed by atoms with Crippen molar-refractivity contribution in [3.8, 4) is 11.5 Å². The number of hydrogen-bond donors (Lipinski definition) is 1. The number of morpholine rings is 1. The van der Waals surface area contributed by atoms with Crippen molar-refractivity contribution in [1.29, 1.82) is 0 Å². The second-order valence-electron chi connectivity index (χ2n) is 5.95. The van der Waals surface area contributed by atoms with E-state index in [0.29, 0.717) is 41.8 Å². The molecule has 0 bridgehead atoms. The molecule has 25 heavy (non-hydrogen) atoms. The van der Waals surface area contributed by atoms with Crippen LogP contribution in [0.2, 0.25) is 0 Å². The summed E-state index contributed by atoms with van der Waals surface area (Å²) in [7, 11) is 0. The van der Waals surface area contributed by atoms with E-state index >= 15 is 0 Å². The standard InChI is InChI=1S/C18H19N3O4/c1-12-2-4-14(17(19-12)21-6-8-23-9-7-21)18(22)20-13-3-5-15-16(10-13)25-11-24-15/h2-5,10H,6-9,11H2,1H3,(H,20,22). The zero-order valence-corrected chi connectivity index (χ0v) is 13.9. The Balaban J connectivity index is 1.59. The molecule has 0 unspecified atom stereocenters. The predicted molar refractivity (Wildman–Crippen MR) is 92.5 cm³/mol. The van der Waals surface area contributed by atoms with Gasteiger partial charge < -0.3 is 24.4 Å². The molecular weight excluding hydrogens is 322 g/mol. The number of anilines is 2. The highest BCUT2D eigenvalue weighted by molar-refractivity contribution is 6.07. The highest BCUT2D eigenvalue weighted by Crippen LogP contribution is 2.34. The van der Waals surface area contributed by atoms with Gasteiger partial charge in [-0.1, -0.05) is 0 Å². The zero-order chi connectivity index (χ0) is 17.2. The van der Waals surface area contributed by atoms with Gasteiger partial charge in [-0.2, -0.15) is 0 Å². The van der Waals surface area contributed by atoms with E-state index in [4.69, 9.17) is 14.2 Å². The number of carbonyl (C=O) groups excluding carboxylic acids is 1. The summed E-state index contributed by atoms with van der Waals surface area (Å²) >= 11 is 0. The van der Waals surface area contributed by atoms with Gasteiger partial charge in [-0.05, 0) is 31.2 Å². The molecule has 4 rings (SSSR count). The lowest BCUT2D eigenvalue weighted by Gasteiger charge is -2.29.